The standard InChI is InChI=1S/C14H22N2O2S/c1-11-10-19-14(15-11)12-6-2-4-8-16(12)9-5-3-7-13(17)18/h10,12H,2-9H2,1H3,(H,17,18). The highest BCUT2D eigenvalue weighted by molar-refractivity contribution is 7.09. The van der Waals surface area contributed by atoms with Crippen LogP contribution in [-0.2, 0) is 4.79 Å². The molecule has 1 saturated heterocycles. The lowest BCUT2D eigenvalue weighted by molar-refractivity contribution is -0.137. The predicted molar refractivity (Wildman–Crippen MR) is 76.5 cm³/mol. The Kier molecular flexibility index (Phi) is 5.34. The van der Waals surface area contributed by atoms with E-state index in [9.17, 15) is 4.79 Å². The lowest BCUT2D eigenvalue weighted by Gasteiger charge is -2.34. The van der Waals surface area contributed by atoms with Gasteiger partial charge in [0.05, 0.1) is 6.04 Å². The minimum atomic E-state index is -0.689. The normalized spacial score (nSPS) is 20.6. The van der Waals surface area contributed by atoms with Gasteiger partial charge in [-0.1, -0.05) is 6.42 Å². The third-order valence-electron chi connectivity index (χ3n) is 3.62. The van der Waals surface area contributed by atoms with Gasteiger partial charge in [-0.3, -0.25) is 9.69 Å². The van der Waals surface area contributed by atoms with Gasteiger partial charge in [0.2, 0.25) is 0 Å². The van der Waals surface area contributed by atoms with Crippen molar-refractivity contribution in [1.29, 1.82) is 0 Å². The highest BCUT2D eigenvalue weighted by Crippen LogP contribution is 2.32. The summed E-state index contributed by atoms with van der Waals surface area (Å²) in [6.45, 7) is 4.16. The van der Waals surface area contributed by atoms with Crippen molar-refractivity contribution >= 4 is 17.3 Å². The summed E-state index contributed by atoms with van der Waals surface area (Å²) in [5.74, 6) is -0.689. The van der Waals surface area contributed by atoms with Crippen LogP contribution in [0.2, 0.25) is 0 Å². The molecule has 1 aromatic rings. The van der Waals surface area contributed by atoms with E-state index in [1.807, 2.05) is 6.92 Å². The fourth-order valence-electron chi connectivity index (χ4n) is 2.65. The number of aryl methyl sites for hydroxylation is 1. The summed E-state index contributed by atoms with van der Waals surface area (Å²) in [4.78, 5) is 17.6. The van der Waals surface area contributed by atoms with Crippen LogP contribution in [-0.4, -0.2) is 34.0 Å². The van der Waals surface area contributed by atoms with Crippen LogP contribution in [0, 0.1) is 6.92 Å². The van der Waals surface area contributed by atoms with Crippen LogP contribution in [0.1, 0.15) is 55.3 Å². The molecule has 0 aliphatic carbocycles. The number of hydrogen-bond acceptors (Lipinski definition) is 4. The lowest BCUT2D eigenvalue weighted by Crippen LogP contribution is -2.34. The molecule has 0 saturated carbocycles. The van der Waals surface area contributed by atoms with E-state index in [4.69, 9.17) is 5.11 Å². The second kappa shape index (κ2) is 7.01. The molecule has 0 amide bonds. The van der Waals surface area contributed by atoms with Crippen molar-refractivity contribution < 1.29 is 9.90 Å². The molecule has 1 N–H and O–H groups in total. The first-order chi connectivity index (χ1) is 9.16. The zero-order valence-electron chi connectivity index (χ0n) is 11.5. The SMILES string of the molecule is Cc1csc(C2CCCCN2CCCCC(=O)O)n1. The van der Waals surface area contributed by atoms with Gasteiger partial charge in [-0.15, -0.1) is 11.3 Å². The van der Waals surface area contributed by atoms with E-state index >= 15 is 0 Å². The Bertz CT molecular complexity index is 419. The zero-order valence-corrected chi connectivity index (χ0v) is 12.3. The number of unbranched alkanes of at least 4 members (excludes halogenated alkanes) is 1. The molecule has 19 heavy (non-hydrogen) atoms. The van der Waals surface area contributed by atoms with Gasteiger partial charge in [0.1, 0.15) is 5.01 Å². The topological polar surface area (TPSA) is 53.4 Å². The molecule has 1 aliphatic heterocycles. The van der Waals surface area contributed by atoms with Gasteiger partial charge in [0, 0.05) is 17.5 Å². The maximum absolute atomic E-state index is 10.5. The van der Waals surface area contributed by atoms with Crippen molar-refractivity contribution in [3.8, 4) is 0 Å². The van der Waals surface area contributed by atoms with E-state index in [0.29, 0.717) is 6.04 Å². The fourth-order valence-corrected chi connectivity index (χ4v) is 3.62. The van der Waals surface area contributed by atoms with Crippen molar-refractivity contribution in [2.45, 2.75) is 51.5 Å². The van der Waals surface area contributed by atoms with Gasteiger partial charge in [-0.25, -0.2) is 4.98 Å². The first kappa shape index (κ1) is 14.5. The third kappa shape index (κ3) is 4.28. The number of piperidine rings is 1. The van der Waals surface area contributed by atoms with Crippen molar-refractivity contribution in [2.75, 3.05) is 13.1 Å². The third-order valence-corrected chi connectivity index (χ3v) is 4.69. The number of rotatable bonds is 6. The molecular weight excluding hydrogens is 260 g/mol. The molecule has 0 bridgehead atoms. The second-order valence-electron chi connectivity index (χ2n) is 5.23. The van der Waals surface area contributed by atoms with E-state index < -0.39 is 5.97 Å². The highest BCUT2D eigenvalue weighted by Gasteiger charge is 2.25. The van der Waals surface area contributed by atoms with Crippen LogP contribution < -0.4 is 0 Å². The number of aliphatic carboxylic acids is 1. The van der Waals surface area contributed by atoms with Gasteiger partial charge in [-0.05, 0) is 45.7 Å². The molecule has 5 heteroatoms. The molecule has 0 spiro atoms. The van der Waals surface area contributed by atoms with Crippen LogP contribution in [0.25, 0.3) is 0 Å². The zero-order chi connectivity index (χ0) is 13.7. The van der Waals surface area contributed by atoms with Crippen molar-refractivity contribution in [3.63, 3.8) is 0 Å². The van der Waals surface area contributed by atoms with Gasteiger partial charge in [0.15, 0.2) is 0 Å². The predicted octanol–water partition coefficient (Wildman–Crippen LogP) is 3.23. The Balaban J connectivity index is 1.87. The summed E-state index contributed by atoms with van der Waals surface area (Å²) in [5.41, 5.74) is 1.11. The molecule has 1 aromatic heterocycles. The van der Waals surface area contributed by atoms with Crippen molar-refractivity contribution in [3.05, 3.63) is 16.1 Å². The molecule has 4 nitrogen and oxygen atoms in total. The summed E-state index contributed by atoms with van der Waals surface area (Å²) in [6.07, 6.45) is 5.73. The number of thiazole rings is 1. The maximum atomic E-state index is 10.5. The Morgan fingerprint density at radius 3 is 3.05 bits per heavy atom. The van der Waals surface area contributed by atoms with Crippen LogP contribution in [0.3, 0.4) is 0 Å². The fraction of sp³-hybridized carbons (Fsp3) is 0.714. The van der Waals surface area contributed by atoms with E-state index in [1.54, 1.807) is 11.3 Å². The average molecular weight is 282 g/mol. The molecule has 1 fully saturated rings. The minimum absolute atomic E-state index is 0.287. The van der Waals surface area contributed by atoms with Gasteiger partial charge < -0.3 is 5.11 Å². The lowest BCUT2D eigenvalue weighted by atomic mass is 10.0. The minimum Gasteiger partial charge on any atom is -0.481 e. The van der Waals surface area contributed by atoms with E-state index in [2.05, 4.69) is 15.3 Å². The molecule has 0 radical (unpaired) electrons. The average Bonchev–Trinajstić information content (AvgIpc) is 2.81. The Morgan fingerprint density at radius 1 is 1.53 bits per heavy atom. The molecule has 106 valence electrons. The van der Waals surface area contributed by atoms with E-state index in [-0.39, 0.29) is 6.42 Å². The number of likely N-dealkylation sites (tertiary alicyclic amines) is 1. The van der Waals surface area contributed by atoms with Crippen LogP contribution in [0.5, 0.6) is 0 Å². The summed E-state index contributed by atoms with van der Waals surface area (Å²) in [5, 5.41) is 12.0. The van der Waals surface area contributed by atoms with Gasteiger partial charge >= 0.3 is 5.97 Å². The molecule has 1 atom stereocenters. The van der Waals surface area contributed by atoms with Crippen LogP contribution in [0.4, 0.5) is 0 Å². The largest absolute Gasteiger partial charge is 0.481 e. The van der Waals surface area contributed by atoms with Crippen molar-refractivity contribution in [2.24, 2.45) is 0 Å². The number of nitrogens with zero attached hydrogens (tertiary/aromatic N) is 2. The van der Waals surface area contributed by atoms with E-state index in [0.717, 1.165) is 31.6 Å². The van der Waals surface area contributed by atoms with Gasteiger partial charge in [0.25, 0.3) is 0 Å². The number of hydrogen-bond donors (Lipinski definition) is 1. The van der Waals surface area contributed by atoms with E-state index in [1.165, 1.54) is 24.3 Å². The van der Waals surface area contributed by atoms with Crippen molar-refractivity contribution in [1.82, 2.24) is 9.88 Å². The molecule has 2 rings (SSSR count). The number of carboxylic acids is 1. The second-order valence-corrected chi connectivity index (χ2v) is 6.12. The molecule has 1 aliphatic rings. The first-order valence-corrected chi connectivity index (χ1v) is 7.92. The molecule has 0 aromatic carbocycles. The first-order valence-electron chi connectivity index (χ1n) is 7.04. The molecule has 2 heterocycles. The Hall–Kier alpha value is -0.940. The summed E-state index contributed by atoms with van der Waals surface area (Å²) in [7, 11) is 0. The Morgan fingerprint density at radius 2 is 2.37 bits per heavy atom. The summed E-state index contributed by atoms with van der Waals surface area (Å²) < 4.78 is 0. The van der Waals surface area contributed by atoms with Crippen LogP contribution >= 0.6 is 11.3 Å². The monoisotopic (exact) mass is 282 g/mol. The molecule has 1 unspecified atom stereocenters. The quantitative estimate of drug-likeness (QED) is 0.814. The summed E-state index contributed by atoms with van der Waals surface area (Å²) in [6, 6.07) is 0.456. The smallest absolute Gasteiger partial charge is 0.303 e. The number of carboxylic acid groups (broad SMARTS) is 1. The number of carbonyl (C=O) groups is 1. The van der Waals surface area contributed by atoms with Crippen LogP contribution in [0.15, 0.2) is 5.38 Å². The Labute approximate surface area is 118 Å². The highest BCUT2D eigenvalue weighted by atomic mass is 32.1. The molecular formula is C14H22N2O2S. The number of aromatic nitrogens is 1. The van der Waals surface area contributed by atoms with Gasteiger partial charge in [-0.2, -0.15) is 0 Å². The summed E-state index contributed by atoms with van der Waals surface area (Å²) >= 11 is 1.76. The maximum Gasteiger partial charge on any atom is 0.303 e.